The topological polar surface area (TPSA) is 37.8 Å². The molecule has 1 aliphatic carbocycles. The van der Waals surface area contributed by atoms with Gasteiger partial charge in [0.1, 0.15) is 5.82 Å². The summed E-state index contributed by atoms with van der Waals surface area (Å²) in [6.07, 6.45) is 8.13. The first-order valence-corrected chi connectivity index (χ1v) is 5.91. The van der Waals surface area contributed by atoms with Crippen LogP contribution in [0.1, 0.15) is 31.5 Å². The third-order valence-electron chi connectivity index (χ3n) is 2.82. The largest absolute Gasteiger partial charge is 0.307 e. The lowest BCUT2D eigenvalue weighted by Gasteiger charge is -2.25. The Hall–Kier alpha value is -0.670. The van der Waals surface area contributed by atoms with E-state index < -0.39 is 0 Å². The number of hydrogen-bond donors (Lipinski definition) is 1. The molecule has 0 aromatic carbocycles. The second kappa shape index (κ2) is 5.42. The number of hydrogen-bond acceptors (Lipinski definition) is 3. The second-order valence-corrected chi connectivity index (χ2v) is 4.61. The maximum absolute atomic E-state index is 6.05. The molecule has 3 nitrogen and oxygen atoms in total. The van der Waals surface area contributed by atoms with Gasteiger partial charge < -0.3 is 5.32 Å². The van der Waals surface area contributed by atoms with Crippen LogP contribution in [0.3, 0.4) is 0 Å². The molecule has 1 saturated carbocycles. The average molecular weight is 226 g/mol. The van der Waals surface area contributed by atoms with Crippen LogP contribution in [0.15, 0.2) is 18.5 Å². The summed E-state index contributed by atoms with van der Waals surface area (Å²) in [6, 6.07) is 2.42. The summed E-state index contributed by atoms with van der Waals surface area (Å²) < 4.78 is 0. The van der Waals surface area contributed by atoms with Crippen molar-refractivity contribution in [3.63, 3.8) is 0 Å². The van der Waals surface area contributed by atoms with E-state index in [-0.39, 0.29) is 0 Å². The summed E-state index contributed by atoms with van der Waals surface area (Å²) in [5, 5.41) is 3.86. The van der Waals surface area contributed by atoms with Crippen molar-refractivity contribution in [2.24, 2.45) is 0 Å². The predicted molar refractivity (Wildman–Crippen MR) is 60.8 cm³/mol. The first-order valence-electron chi connectivity index (χ1n) is 5.48. The summed E-state index contributed by atoms with van der Waals surface area (Å²) >= 11 is 6.05. The van der Waals surface area contributed by atoms with E-state index in [0.29, 0.717) is 11.4 Å². The maximum atomic E-state index is 6.05. The number of halogens is 1. The minimum Gasteiger partial charge on any atom is -0.307 e. The summed E-state index contributed by atoms with van der Waals surface area (Å²) in [4.78, 5) is 8.36. The van der Waals surface area contributed by atoms with Crippen molar-refractivity contribution in [2.75, 3.05) is 0 Å². The molecule has 1 aromatic rings. The van der Waals surface area contributed by atoms with Gasteiger partial charge in [-0.1, -0.05) is 0 Å². The molecule has 4 heteroatoms. The standard InChI is InChI=1S/C11H16ClN3/c12-9-2-4-10(5-3-9)15-8-11-13-6-1-7-14-11/h1,6-7,9-10,15H,2-5,8H2. The molecule has 1 fully saturated rings. The molecule has 1 heterocycles. The van der Waals surface area contributed by atoms with E-state index in [2.05, 4.69) is 15.3 Å². The summed E-state index contributed by atoms with van der Waals surface area (Å²) in [7, 11) is 0. The maximum Gasteiger partial charge on any atom is 0.141 e. The number of rotatable bonds is 3. The van der Waals surface area contributed by atoms with Gasteiger partial charge in [0, 0.05) is 23.8 Å². The van der Waals surface area contributed by atoms with Gasteiger partial charge in [0.05, 0.1) is 6.54 Å². The highest BCUT2D eigenvalue weighted by Gasteiger charge is 2.18. The zero-order valence-electron chi connectivity index (χ0n) is 8.69. The zero-order chi connectivity index (χ0) is 10.5. The highest BCUT2D eigenvalue weighted by molar-refractivity contribution is 6.20. The van der Waals surface area contributed by atoms with Crippen molar-refractivity contribution in [3.8, 4) is 0 Å². The molecule has 1 aliphatic rings. The highest BCUT2D eigenvalue weighted by Crippen LogP contribution is 2.22. The Morgan fingerprint density at radius 1 is 1.20 bits per heavy atom. The number of nitrogens with one attached hydrogen (secondary N) is 1. The van der Waals surface area contributed by atoms with Crippen LogP contribution < -0.4 is 5.32 Å². The van der Waals surface area contributed by atoms with Gasteiger partial charge in [-0.25, -0.2) is 9.97 Å². The van der Waals surface area contributed by atoms with Gasteiger partial charge in [0.25, 0.3) is 0 Å². The molecule has 0 bridgehead atoms. The van der Waals surface area contributed by atoms with E-state index in [0.717, 1.165) is 25.2 Å². The lowest BCUT2D eigenvalue weighted by Crippen LogP contribution is -2.33. The van der Waals surface area contributed by atoms with Gasteiger partial charge in [0.2, 0.25) is 0 Å². The fraction of sp³-hybridized carbons (Fsp3) is 0.636. The number of alkyl halides is 1. The van der Waals surface area contributed by atoms with Crippen LogP contribution in [0, 0.1) is 0 Å². The first kappa shape index (κ1) is 10.8. The molecule has 0 saturated heterocycles. The van der Waals surface area contributed by atoms with Crippen LogP contribution in [-0.2, 0) is 6.54 Å². The molecular formula is C11H16ClN3. The number of nitrogens with zero attached hydrogens (tertiary/aromatic N) is 2. The monoisotopic (exact) mass is 225 g/mol. The van der Waals surface area contributed by atoms with E-state index in [4.69, 9.17) is 11.6 Å². The molecule has 15 heavy (non-hydrogen) atoms. The molecule has 0 unspecified atom stereocenters. The van der Waals surface area contributed by atoms with Crippen LogP contribution in [-0.4, -0.2) is 21.4 Å². The van der Waals surface area contributed by atoms with E-state index in [1.165, 1.54) is 12.8 Å². The van der Waals surface area contributed by atoms with Crippen molar-refractivity contribution in [2.45, 2.75) is 43.6 Å². The minimum atomic E-state index is 0.385. The normalized spacial score (nSPS) is 26.5. The predicted octanol–water partition coefficient (Wildman–Crippen LogP) is 2.12. The Labute approximate surface area is 95.3 Å². The van der Waals surface area contributed by atoms with Crippen molar-refractivity contribution < 1.29 is 0 Å². The average Bonchev–Trinajstić information content (AvgIpc) is 2.30. The molecular weight excluding hydrogens is 210 g/mol. The summed E-state index contributed by atoms with van der Waals surface area (Å²) in [5.41, 5.74) is 0. The lowest BCUT2D eigenvalue weighted by atomic mass is 9.95. The highest BCUT2D eigenvalue weighted by atomic mass is 35.5. The Morgan fingerprint density at radius 3 is 2.53 bits per heavy atom. The van der Waals surface area contributed by atoms with E-state index >= 15 is 0 Å². The van der Waals surface area contributed by atoms with E-state index in [1.54, 1.807) is 12.4 Å². The van der Waals surface area contributed by atoms with E-state index in [9.17, 15) is 0 Å². The van der Waals surface area contributed by atoms with Gasteiger partial charge >= 0.3 is 0 Å². The third kappa shape index (κ3) is 3.43. The van der Waals surface area contributed by atoms with Crippen LogP contribution in [0.2, 0.25) is 0 Å². The van der Waals surface area contributed by atoms with Crippen molar-refractivity contribution in [3.05, 3.63) is 24.3 Å². The molecule has 1 N–H and O–H groups in total. The molecule has 82 valence electrons. The molecule has 0 amide bonds. The summed E-state index contributed by atoms with van der Waals surface area (Å²) in [6.45, 7) is 0.762. The van der Waals surface area contributed by atoms with Gasteiger partial charge in [-0.3, -0.25) is 0 Å². The lowest BCUT2D eigenvalue weighted by molar-refractivity contribution is 0.373. The van der Waals surface area contributed by atoms with Crippen LogP contribution in [0.4, 0.5) is 0 Å². The molecule has 0 atom stereocenters. The van der Waals surface area contributed by atoms with Gasteiger partial charge in [-0.2, -0.15) is 0 Å². The van der Waals surface area contributed by atoms with Crippen molar-refractivity contribution in [1.82, 2.24) is 15.3 Å². The SMILES string of the molecule is ClC1CCC(NCc2ncccn2)CC1. The molecule has 1 aromatic heterocycles. The van der Waals surface area contributed by atoms with Crippen molar-refractivity contribution in [1.29, 1.82) is 0 Å². The fourth-order valence-electron chi connectivity index (χ4n) is 1.91. The fourth-order valence-corrected chi connectivity index (χ4v) is 2.17. The Balaban J connectivity index is 1.74. The second-order valence-electron chi connectivity index (χ2n) is 3.99. The quantitative estimate of drug-likeness (QED) is 0.801. The van der Waals surface area contributed by atoms with Crippen LogP contribution in [0.25, 0.3) is 0 Å². The molecule has 0 radical (unpaired) electrons. The van der Waals surface area contributed by atoms with E-state index in [1.807, 2.05) is 6.07 Å². The first-order chi connectivity index (χ1) is 7.34. The smallest absolute Gasteiger partial charge is 0.141 e. The number of aromatic nitrogens is 2. The molecule has 0 aliphatic heterocycles. The van der Waals surface area contributed by atoms with Crippen molar-refractivity contribution >= 4 is 11.6 Å². The third-order valence-corrected chi connectivity index (χ3v) is 3.26. The minimum absolute atomic E-state index is 0.385. The van der Waals surface area contributed by atoms with Crippen LogP contribution >= 0.6 is 11.6 Å². The van der Waals surface area contributed by atoms with Crippen LogP contribution in [0.5, 0.6) is 0 Å². The Bertz CT molecular complexity index is 283. The van der Waals surface area contributed by atoms with Gasteiger partial charge in [0.15, 0.2) is 0 Å². The summed E-state index contributed by atoms with van der Waals surface area (Å²) in [5.74, 6) is 0.866. The Kier molecular flexibility index (Phi) is 3.92. The molecule has 0 spiro atoms. The van der Waals surface area contributed by atoms with Gasteiger partial charge in [-0.05, 0) is 31.7 Å². The van der Waals surface area contributed by atoms with Gasteiger partial charge in [-0.15, -0.1) is 11.6 Å². The zero-order valence-corrected chi connectivity index (χ0v) is 9.45. The Morgan fingerprint density at radius 2 is 1.87 bits per heavy atom. The molecule has 2 rings (SSSR count).